The number of pyridine rings is 1. The molecule has 0 bridgehead atoms. The Kier molecular flexibility index (Phi) is 8.86. The molecule has 1 aromatic heterocycles. The molecule has 2 amide bonds. The number of nitrogens with zero attached hydrogens (tertiary/aromatic N) is 1. The van der Waals surface area contributed by atoms with E-state index in [1.807, 2.05) is 60.7 Å². The number of esters is 2. The highest BCUT2D eigenvalue weighted by Gasteiger charge is 2.16. The topological polar surface area (TPSA) is 124 Å². The normalized spacial score (nSPS) is 10.1. The second-order valence-corrected chi connectivity index (χ2v) is 7.08. The molecule has 9 nitrogen and oxygen atoms in total. The summed E-state index contributed by atoms with van der Waals surface area (Å²) >= 11 is 0. The Morgan fingerprint density at radius 2 is 1.00 bits per heavy atom. The number of aromatic nitrogens is 1. The Morgan fingerprint density at radius 3 is 1.41 bits per heavy atom. The van der Waals surface area contributed by atoms with Gasteiger partial charge in [0.1, 0.15) is 11.4 Å². The molecule has 2 aromatic carbocycles. The van der Waals surface area contributed by atoms with Crippen molar-refractivity contribution in [3.63, 3.8) is 0 Å². The standard InChI is InChI=1S/C25H23N3O6/c29-22(26-14-18-8-3-1-4-9-18)16-33-24(31)20-12-7-13-21(28-20)25(32)34-17-23(30)27-15-19-10-5-2-6-11-19/h1-13H,14-17H2,(H,26,29)(H,27,30). The summed E-state index contributed by atoms with van der Waals surface area (Å²) < 4.78 is 9.91. The van der Waals surface area contributed by atoms with E-state index in [-0.39, 0.29) is 11.4 Å². The van der Waals surface area contributed by atoms with Crippen molar-refractivity contribution < 1.29 is 28.7 Å². The van der Waals surface area contributed by atoms with Gasteiger partial charge in [-0.2, -0.15) is 0 Å². The lowest BCUT2D eigenvalue weighted by atomic mass is 10.2. The van der Waals surface area contributed by atoms with Gasteiger partial charge in [0.2, 0.25) is 0 Å². The fraction of sp³-hybridized carbons (Fsp3) is 0.160. The quantitative estimate of drug-likeness (QED) is 0.443. The first-order valence-corrected chi connectivity index (χ1v) is 10.4. The number of nitrogens with one attached hydrogen (secondary N) is 2. The molecule has 0 spiro atoms. The van der Waals surface area contributed by atoms with Gasteiger partial charge in [-0.25, -0.2) is 14.6 Å². The van der Waals surface area contributed by atoms with Crippen LogP contribution in [0.15, 0.2) is 78.9 Å². The van der Waals surface area contributed by atoms with Crippen molar-refractivity contribution in [2.24, 2.45) is 0 Å². The summed E-state index contributed by atoms with van der Waals surface area (Å²) in [5, 5.41) is 5.27. The average Bonchev–Trinajstić information content (AvgIpc) is 2.89. The SMILES string of the molecule is O=C(COC(=O)c1cccc(C(=O)OCC(=O)NCc2ccccc2)n1)NCc1ccccc1. The number of hydrogen-bond acceptors (Lipinski definition) is 7. The summed E-state index contributed by atoms with van der Waals surface area (Å²) in [5.74, 6) is -2.70. The zero-order valence-corrected chi connectivity index (χ0v) is 18.2. The van der Waals surface area contributed by atoms with Gasteiger partial charge in [-0.05, 0) is 23.3 Å². The third-order valence-corrected chi connectivity index (χ3v) is 4.50. The smallest absolute Gasteiger partial charge is 0.357 e. The van der Waals surface area contributed by atoms with Crippen LogP contribution < -0.4 is 10.6 Å². The zero-order chi connectivity index (χ0) is 24.2. The molecule has 3 aromatic rings. The maximum absolute atomic E-state index is 12.2. The van der Waals surface area contributed by atoms with Crippen molar-refractivity contribution in [1.82, 2.24) is 15.6 Å². The number of hydrogen-bond donors (Lipinski definition) is 2. The van der Waals surface area contributed by atoms with Crippen LogP contribution in [0.4, 0.5) is 0 Å². The Labute approximate surface area is 196 Å². The number of carbonyl (C=O) groups excluding carboxylic acids is 4. The lowest BCUT2D eigenvalue weighted by Crippen LogP contribution is -2.29. The van der Waals surface area contributed by atoms with Gasteiger partial charge in [0.15, 0.2) is 13.2 Å². The van der Waals surface area contributed by atoms with Crippen LogP contribution in [0.25, 0.3) is 0 Å². The van der Waals surface area contributed by atoms with Gasteiger partial charge >= 0.3 is 11.9 Å². The summed E-state index contributed by atoms with van der Waals surface area (Å²) in [6, 6.07) is 22.7. The van der Waals surface area contributed by atoms with Crippen LogP contribution in [0.2, 0.25) is 0 Å². The molecule has 0 fully saturated rings. The first-order valence-electron chi connectivity index (χ1n) is 10.4. The van der Waals surface area contributed by atoms with Gasteiger partial charge in [0.25, 0.3) is 11.8 Å². The largest absolute Gasteiger partial charge is 0.451 e. The van der Waals surface area contributed by atoms with Crippen molar-refractivity contribution in [1.29, 1.82) is 0 Å². The monoisotopic (exact) mass is 461 g/mol. The van der Waals surface area contributed by atoms with Crippen molar-refractivity contribution in [3.05, 3.63) is 101 Å². The molecule has 0 aliphatic carbocycles. The molecule has 0 aliphatic rings. The second kappa shape index (κ2) is 12.5. The van der Waals surface area contributed by atoms with Crippen LogP contribution in [0, 0.1) is 0 Å². The predicted molar refractivity (Wildman–Crippen MR) is 121 cm³/mol. The van der Waals surface area contributed by atoms with Crippen molar-refractivity contribution in [2.75, 3.05) is 13.2 Å². The van der Waals surface area contributed by atoms with Crippen molar-refractivity contribution in [3.8, 4) is 0 Å². The van der Waals surface area contributed by atoms with E-state index in [0.717, 1.165) is 11.1 Å². The van der Waals surface area contributed by atoms with Crippen LogP contribution in [-0.2, 0) is 32.2 Å². The van der Waals surface area contributed by atoms with Gasteiger partial charge in [0, 0.05) is 13.1 Å². The highest BCUT2D eigenvalue weighted by molar-refractivity contribution is 5.93. The summed E-state index contributed by atoms with van der Waals surface area (Å²) in [5.41, 5.74) is 1.48. The maximum Gasteiger partial charge on any atom is 0.357 e. The van der Waals surface area contributed by atoms with E-state index < -0.39 is 37.0 Å². The van der Waals surface area contributed by atoms with Gasteiger partial charge in [0.05, 0.1) is 0 Å². The Hall–Kier alpha value is -4.53. The van der Waals surface area contributed by atoms with Crippen molar-refractivity contribution in [2.45, 2.75) is 13.1 Å². The van der Waals surface area contributed by atoms with Crippen LogP contribution in [0.5, 0.6) is 0 Å². The highest BCUT2D eigenvalue weighted by Crippen LogP contribution is 2.04. The lowest BCUT2D eigenvalue weighted by Gasteiger charge is -2.08. The Bertz CT molecular complexity index is 1050. The average molecular weight is 461 g/mol. The summed E-state index contributed by atoms with van der Waals surface area (Å²) in [4.78, 5) is 52.1. The van der Waals surface area contributed by atoms with E-state index in [1.54, 1.807) is 0 Å². The minimum Gasteiger partial charge on any atom is -0.451 e. The van der Waals surface area contributed by atoms with Gasteiger partial charge in [-0.3, -0.25) is 9.59 Å². The zero-order valence-electron chi connectivity index (χ0n) is 18.2. The third-order valence-electron chi connectivity index (χ3n) is 4.50. The molecule has 34 heavy (non-hydrogen) atoms. The Balaban J connectivity index is 1.42. The number of amides is 2. The molecule has 174 valence electrons. The van der Waals surface area contributed by atoms with Gasteiger partial charge in [-0.15, -0.1) is 0 Å². The molecule has 3 rings (SSSR count). The summed E-state index contributed by atoms with van der Waals surface area (Å²) in [7, 11) is 0. The molecular weight excluding hydrogens is 438 g/mol. The van der Waals surface area contributed by atoms with E-state index in [0.29, 0.717) is 13.1 Å². The summed E-state index contributed by atoms with van der Waals surface area (Å²) in [6.45, 7) is -0.390. The third kappa shape index (κ3) is 7.86. The molecule has 0 saturated heterocycles. The number of benzene rings is 2. The van der Waals surface area contributed by atoms with E-state index in [9.17, 15) is 19.2 Å². The second-order valence-electron chi connectivity index (χ2n) is 7.08. The predicted octanol–water partition coefficient (Wildman–Crippen LogP) is 2.03. The molecule has 0 unspecified atom stereocenters. The molecule has 0 atom stereocenters. The summed E-state index contributed by atoms with van der Waals surface area (Å²) in [6.07, 6.45) is 0. The van der Waals surface area contributed by atoms with Crippen LogP contribution >= 0.6 is 0 Å². The number of carbonyl (C=O) groups is 4. The lowest BCUT2D eigenvalue weighted by molar-refractivity contribution is -0.125. The van der Waals surface area contributed by atoms with Gasteiger partial charge in [-0.1, -0.05) is 66.7 Å². The van der Waals surface area contributed by atoms with Crippen LogP contribution in [0.3, 0.4) is 0 Å². The van der Waals surface area contributed by atoms with Crippen LogP contribution in [0.1, 0.15) is 32.1 Å². The van der Waals surface area contributed by atoms with Crippen molar-refractivity contribution >= 4 is 23.8 Å². The maximum atomic E-state index is 12.2. The highest BCUT2D eigenvalue weighted by atomic mass is 16.5. The van der Waals surface area contributed by atoms with E-state index in [2.05, 4.69) is 15.6 Å². The van der Waals surface area contributed by atoms with E-state index in [1.165, 1.54) is 18.2 Å². The molecule has 2 N–H and O–H groups in total. The van der Waals surface area contributed by atoms with Crippen LogP contribution in [-0.4, -0.2) is 42.0 Å². The molecule has 9 heteroatoms. The van der Waals surface area contributed by atoms with E-state index in [4.69, 9.17) is 9.47 Å². The fourth-order valence-electron chi connectivity index (χ4n) is 2.77. The molecule has 0 radical (unpaired) electrons. The molecule has 0 aliphatic heterocycles. The molecule has 1 heterocycles. The fourth-order valence-corrected chi connectivity index (χ4v) is 2.77. The minimum absolute atomic E-state index is 0.168. The molecular formula is C25H23N3O6. The molecule has 0 saturated carbocycles. The first-order chi connectivity index (χ1) is 16.5. The minimum atomic E-state index is -0.870. The Morgan fingerprint density at radius 1 is 0.588 bits per heavy atom. The van der Waals surface area contributed by atoms with E-state index >= 15 is 0 Å². The first kappa shape index (κ1) is 24.1. The number of rotatable bonds is 10. The number of ether oxygens (including phenoxy) is 2. The van der Waals surface area contributed by atoms with Gasteiger partial charge < -0.3 is 20.1 Å².